The van der Waals surface area contributed by atoms with Gasteiger partial charge < -0.3 is 4.52 Å². The second kappa shape index (κ2) is 5.71. The summed E-state index contributed by atoms with van der Waals surface area (Å²) < 4.78 is 18.5. The molecular formula is C15H18FN3O. The molecule has 0 radical (unpaired) electrons. The number of halogens is 1. The van der Waals surface area contributed by atoms with Crippen molar-refractivity contribution in [2.24, 2.45) is 0 Å². The van der Waals surface area contributed by atoms with Crippen molar-refractivity contribution in [3.8, 4) is 0 Å². The highest BCUT2D eigenvalue weighted by Gasteiger charge is 2.19. The zero-order valence-electron chi connectivity index (χ0n) is 11.6. The van der Waals surface area contributed by atoms with Crippen LogP contribution in [0.15, 0.2) is 22.7 Å². The lowest BCUT2D eigenvalue weighted by atomic mass is 10.00. The van der Waals surface area contributed by atoms with E-state index >= 15 is 0 Å². The molecular weight excluding hydrogens is 257 g/mol. The van der Waals surface area contributed by atoms with Crippen molar-refractivity contribution in [3.05, 3.63) is 46.9 Å². The molecule has 0 saturated heterocycles. The molecule has 1 aromatic carbocycles. The van der Waals surface area contributed by atoms with E-state index in [1.807, 2.05) is 6.07 Å². The number of aromatic nitrogens is 2. The van der Waals surface area contributed by atoms with Gasteiger partial charge in [0.1, 0.15) is 5.82 Å². The fourth-order valence-corrected chi connectivity index (χ4v) is 2.59. The van der Waals surface area contributed by atoms with Crippen molar-refractivity contribution in [2.75, 3.05) is 6.54 Å². The van der Waals surface area contributed by atoms with Gasteiger partial charge in [0.25, 0.3) is 0 Å². The summed E-state index contributed by atoms with van der Waals surface area (Å²) in [5.74, 6) is 1.24. The number of nitrogens with zero attached hydrogens (tertiary/aromatic N) is 3. The molecule has 0 saturated carbocycles. The number of hydrogen-bond donors (Lipinski definition) is 0. The maximum Gasteiger partial charge on any atom is 0.240 e. The van der Waals surface area contributed by atoms with E-state index < -0.39 is 0 Å². The molecule has 1 aliphatic heterocycles. The van der Waals surface area contributed by atoms with Gasteiger partial charge in [-0.2, -0.15) is 4.98 Å². The largest absolute Gasteiger partial charge is 0.338 e. The van der Waals surface area contributed by atoms with Crippen LogP contribution in [0.4, 0.5) is 4.39 Å². The number of fused-ring (bicyclic) bond motifs is 1. The number of benzene rings is 1. The molecule has 3 rings (SSSR count). The van der Waals surface area contributed by atoms with Gasteiger partial charge in [0.15, 0.2) is 5.82 Å². The van der Waals surface area contributed by atoms with Gasteiger partial charge in [-0.05, 0) is 36.1 Å². The Labute approximate surface area is 117 Å². The summed E-state index contributed by atoms with van der Waals surface area (Å²) in [6.07, 6.45) is 2.79. The zero-order chi connectivity index (χ0) is 13.9. The van der Waals surface area contributed by atoms with Crippen LogP contribution in [0.3, 0.4) is 0 Å². The minimum absolute atomic E-state index is 0.173. The molecule has 2 aromatic rings. The molecule has 0 atom stereocenters. The summed E-state index contributed by atoms with van der Waals surface area (Å²) in [5, 5.41) is 3.96. The van der Waals surface area contributed by atoms with Crippen LogP contribution in [0, 0.1) is 5.82 Å². The third-order valence-electron chi connectivity index (χ3n) is 3.60. The van der Waals surface area contributed by atoms with E-state index in [0.29, 0.717) is 12.4 Å². The van der Waals surface area contributed by atoms with Crippen LogP contribution in [0.5, 0.6) is 0 Å². The van der Waals surface area contributed by atoms with Crippen molar-refractivity contribution in [3.63, 3.8) is 0 Å². The summed E-state index contributed by atoms with van der Waals surface area (Å²) in [4.78, 5) is 6.59. The van der Waals surface area contributed by atoms with Crippen molar-refractivity contribution in [1.29, 1.82) is 0 Å². The van der Waals surface area contributed by atoms with Crippen molar-refractivity contribution in [2.45, 2.75) is 39.3 Å². The van der Waals surface area contributed by atoms with Crippen LogP contribution in [0.2, 0.25) is 0 Å². The maximum atomic E-state index is 13.3. The molecule has 106 valence electrons. The predicted molar refractivity (Wildman–Crippen MR) is 72.5 cm³/mol. The Bertz CT molecular complexity index is 597. The SMILES string of the molecule is CCCc1noc(CN2CCc3ccc(F)cc3C2)n1. The minimum Gasteiger partial charge on any atom is -0.338 e. The van der Waals surface area contributed by atoms with Crippen LogP contribution in [0.1, 0.15) is 36.2 Å². The first-order valence-corrected chi connectivity index (χ1v) is 7.05. The number of aryl methyl sites for hydroxylation is 1. The van der Waals surface area contributed by atoms with E-state index in [4.69, 9.17) is 4.52 Å². The molecule has 0 amide bonds. The molecule has 0 unspecified atom stereocenters. The van der Waals surface area contributed by atoms with E-state index in [2.05, 4.69) is 22.0 Å². The third-order valence-corrected chi connectivity index (χ3v) is 3.60. The summed E-state index contributed by atoms with van der Waals surface area (Å²) in [5.41, 5.74) is 2.30. The van der Waals surface area contributed by atoms with E-state index in [1.54, 1.807) is 6.07 Å². The Morgan fingerprint density at radius 3 is 3.10 bits per heavy atom. The molecule has 1 aliphatic rings. The average Bonchev–Trinajstić information content (AvgIpc) is 2.86. The molecule has 1 aromatic heterocycles. The smallest absolute Gasteiger partial charge is 0.240 e. The Morgan fingerprint density at radius 1 is 1.35 bits per heavy atom. The molecule has 20 heavy (non-hydrogen) atoms. The first-order valence-electron chi connectivity index (χ1n) is 7.05. The Morgan fingerprint density at radius 2 is 2.25 bits per heavy atom. The number of rotatable bonds is 4. The van der Waals surface area contributed by atoms with Crippen molar-refractivity contribution in [1.82, 2.24) is 15.0 Å². The normalized spacial score (nSPS) is 15.3. The fraction of sp³-hybridized carbons (Fsp3) is 0.467. The summed E-state index contributed by atoms with van der Waals surface area (Å²) in [6.45, 7) is 4.39. The molecule has 4 nitrogen and oxygen atoms in total. The first-order chi connectivity index (χ1) is 9.74. The average molecular weight is 275 g/mol. The third kappa shape index (κ3) is 2.88. The summed E-state index contributed by atoms with van der Waals surface area (Å²) in [7, 11) is 0. The van der Waals surface area contributed by atoms with E-state index in [9.17, 15) is 4.39 Å². The van der Waals surface area contributed by atoms with Crippen LogP contribution in [-0.4, -0.2) is 21.6 Å². The highest BCUT2D eigenvalue weighted by Crippen LogP contribution is 2.21. The maximum absolute atomic E-state index is 13.3. The van der Waals surface area contributed by atoms with Gasteiger partial charge in [0.05, 0.1) is 6.54 Å². The second-order valence-electron chi connectivity index (χ2n) is 5.23. The van der Waals surface area contributed by atoms with Gasteiger partial charge in [-0.1, -0.05) is 18.1 Å². The van der Waals surface area contributed by atoms with Gasteiger partial charge >= 0.3 is 0 Å². The zero-order valence-corrected chi connectivity index (χ0v) is 11.6. The fourth-order valence-electron chi connectivity index (χ4n) is 2.59. The molecule has 0 fully saturated rings. The molecule has 2 heterocycles. The van der Waals surface area contributed by atoms with Crippen molar-refractivity contribution < 1.29 is 8.91 Å². The lowest BCUT2D eigenvalue weighted by Crippen LogP contribution is -2.30. The van der Waals surface area contributed by atoms with Gasteiger partial charge in [-0.15, -0.1) is 0 Å². The Hall–Kier alpha value is -1.75. The van der Waals surface area contributed by atoms with Crippen LogP contribution < -0.4 is 0 Å². The Kier molecular flexibility index (Phi) is 3.78. The lowest BCUT2D eigenvalue weighted by Gasteiger charge is -2.27. The van der Waals surface area contributed by atoms with Crippen molar-refractivity contribution >= 4 is 0 Å². The second-order valence-corrected chi connectivity index (χ2v) is 5.23. The Balaban J connectivity index is 1.67. The molecule has 0 N–H and O–H groups in total. The highest BCUT2D eigenvalue weighted by atomic mass is 19.1. The minimum atomic E-state index is -0.173. The van der Waals surface area contributed by atoms with Crippen LogP contribution in [0.25, 0.3) is 0 Å². The lowest BCUT2D eigenvalue weighted by molar-refractivity contribution is 0.210. The van der Waals surface area contributed by atoms with Crippen LogP contribution >= 0.6 is 0 Å². The van der Waals surface area contributed by atoms with E-state index in [1.165, 1.54) is 11.6 Å². The van der Waals surface area contributed by atoms with E-state index in [-0.39, 0.29) is 5.82 Å². The topological polar surface area (TPSA) is 42.2 Å². The van der Waals surface area contributed by atoms with Gasteiger partial charge in [-0.25, -0.2) is 4.39 Å². The van der Waals surface area contributed by atoms with E-state index in [0.717, 1.165) is 43.7 Å². The monoisotopic (exact) mass is 275 g/mol. The summed E-state index contributed by atoms with van der Waals surface area (Å²) in [6, 6.07) is 5.04. The number of hydrogen-bond acceptors (Lipinski definition) is 4. The van der Waals surface area contributed by atoms with Crippen LogP contribution in [-0.2, 0) is 25.9 Å². The first kappa shape index (κ1) is 13.2. The van der Waals surface area contributed by atoms with Gasteiger partial charge in [0, 0.05) is 19.5 Å². The molecule has 0 bridgehead atoms. The van der Waals surface area contributed by atoms with Gasteiger partial charge in [-0.3, -0.25) is 4.90 Å². The predicted octanol–water partition coefficient (Wildman–Crippen LogP) is 2.72. The summed E-state index contributed by atoms with van der Waals surface area (Å²) >= 11 is 0. The molecule has 0 aliphatic carbocycles. The highest BCUT2D eigenvalue weighted by molar-refractivity contribution is 5.29. The molecule has 0 spiro atoms. The standard InChI is InChI=1S/C15H18FN3O/c1-2-3-14-17-15(20-18-14)10-19-7-6-11-4-5-13(16)8-12(11)9-19/h4-5,8H,2-3,6-7,9-10H2,1H3. The molecule has 5 heteroatoms. The quantitative estimate of drug-likeness (QED) is 0.860. The van der Waals surface area contributed by atoms with Gasteiger partial charge in [0.2, 0.25) is 5.89 Å².